The van der Waals surface area contributed by atoms with Crippen LogP contribution in [-0.4, -0.2) is 27.1 Å². The van der Waals surface area contributed by atoms with Gasteiger partial charge in [0.15, 0.2) is 17.7 Å². The molecule has 0 saturated heterocycles. The van der Waals surface area contributed by atoms with Gasteiger partial charge >= 0.3 is 5.97 Å². The first-order chi connectivity index (χ1) is 14.7. The number of rotatable bonds is 5. The fraction of sp³-hybridized carbons (Fsp3) is 0.261. The SMILES string of the molecule is CC(C)(C)c1ccc(Nc2nc(Nc3ccc4c(c3)CC(C(=O)O)O4)ncc2F)cc1. The lowest BCUT2D eigenvalue weighted by molar-refractivity contribution is -0.144. The number of carboxylic acid groups (broad SMARTS) is 1. The van der Waals surface area contributed by atoms with E-state index in [0.29, 0.717) is 17.1 Å². The van der Waals surface area contributed by atoms with Crippen molar-refractivity contribution in [2.24, 2.45) is 0 Å². The van der Waals surface area contributed by atoms with E-state index in [4.69, 9.17) is 9.84 Å². The van der Waals surface area contributed by atoms with Crippen LogP contribution < -0.4 is 15.4 Å². The summed E-state index contributed by atoms with van der Waals surface area (Å²) in [6, 6.07) is 13.0. The van der Waals surface area contributed by atoms with E-state index in [2.05, 4.69) is 41.4 Å². The molecule has 160 valence electrons. The summed E-state index contributed by atoms with van der Waals surface area (Å²) in [5.41, 5.74) is 3.35. The molecule has 1 atom stereocenters. The molecular weight excluding hydrogens is 399 g/mol. The zero-order valence-electron chi connectivity index (χ0n) is 17.4. The molecule has 4 rings (SSSR count). The minimum Gasteiger partial charge on any atom is -0.478 e. The van der Waals surface area contributed by atoms with Crippen molar-refractivity contribution >= 4 is 29.1 Å². The third-order valence-electron chi connectivity index (χ3n) is 5.02. The molecule has 0 spiro atoms. The molecule has 0 fully saturated rings. The summed E-state index contributed by atoms with van der Waals surface area (Å²) in [4.78, 5) is 19.4. The maximum absolute atomic E-state index is 14.3. The summed E-state index contributed by atoms with van der Waals surface area (Å²) in [5.74, 6) is -0.768. The second-order valence-electron chi connectivity index (χ2n) is 8.44. The van der Waals surface area contributed by atoms with Gasteiger partial charge < -0.3 is 20.5 Å². The highest BCUT2D eigenvalue weighted by atomic mass is 19.1. The number of ether oxygens (including phenoxy) is 1. The van der Waals surface area contributed by atoms with Crippen LogP contribution in [0.1, 0.15) is 31.9 Å². The Labute approximate surface area is 179 Å². The Morgan fingerprint density at radius 1 is 1.13 bits per heavy atom. The standard InChI is InChI=1S/C23H23FN4O3/c1-23(2,3)14-4-6-15(7-5-14)26-20-17(24)12-25-22(28-20)27-16-8-9-18-13(10-16)11-19(31-18)21(29)30/h4-10,12,19H,11H2,1-3H3,(H,29,30)(H2,25,26,27,28). The molecule has 0 bridgehead atoms. The van der Waals surface area contributed by atoms with E-state index < -0.39 is 17.9 Å². The number of halogens is 1. The van der Waals surface area contributed by atoms with E-state index in [0.717, 1.165) is 11.8 Å². The van der Waals surface area contributed by atoms with Gasteiger partial charge in [-0.2, -0.15) is 4.98 Å². The number of hydrogen-bond donors (Lipinski definition) is 3. The van der Waals surface area contributed by atoms with Gasteiger partial charge in [-0.15, -0.1) is 0 Å². The Hall–Kier alpha value is -3.68. The zero-order valence-corrected chi connectivity index (χ0v) is 17.4. The smallest absolute Gasteiger partial charge is 0.345 e. The van der Waals surface area contributed by atoms with E-state index in [1.165, 1.54) is 5.56 Å². The first-order valence-corrected chi connectivity index (χ1v) is 9.88. The van der Waals surface area contributed by atoms with Crippen molar-refractivity contribution in [2.75, 3.05) is 10.6 Å². The lowest BCUT2D eigenvalue weighted by atomic mass is 9.87. The average molecular weight is 422 g/mol. The number of benzene rings is 2. The molecule has 1 aromatic heterocycles. The first kappa shape index (κ1) is 20.6. The fourth-order valence-corrected chi connectivity index (χ4v) is 3.30. The minimum atomic E-state index is -1.00. The van der Waals surface area contributed by atoms with Crippen molar-refractivity contribution in [1.82, 2.24) is 9.97 Å². The summed E-state index contributed by atoms with van der Waals surface area (Å²) < 4.78 is 19.7. The number of aromatic nitrogens is 2. The topological polar surface area (TPSA) is 96.4 Å². The Morgan fingerprint density at radius 3 is 2.52 bits per heavy atom. The van der Waals surface area contributed by atoms with E-state index >= 15 is 0 Å². The van der Waals surface area contributed by atoms with Crippen molar-refractivity contribution in [1.29, 1.82) is 0 Å². The molecule has 8 heteroatoms. The van der Waals surface area contributed by atoms with Gasteiger partial charge in [-0.25, -0.2) is 14.2 Å². The van der Waals surface area contributed by atoms with Gasteiger partial charge in [-0.3, -0.25) is 0 Å². The van der Waals surface area contributed by atoms with Crippen LogP contribution in [0.25, 0.3) is 0 Å². The van der Waals surface area contributed by atoms with Crippen molar-refractivity contribution in [3.05, 3.63) is 65.6 Å². The molecule has 1 aliphatic heterocycles. The number of nitrogens with one attached hydrogen (secondary N) is 2. The van der Waals surface area contributed by atoms with E-state index in [1.807, 2.05) is 24.3 Å². The average Bonchev–Trinajstić information content (AvgIpc) is 3.14. The first-order valence-electron chi connectivity index (χ1n) is 9.88. The van der Waals surface area contributed by atoms with Crippen LogP contribution in [0.15, 0.2) is 48.7 Å². The lowest BCUT2D eigenvalue weighted by Gasteiger charge is -2.19. The number of nitrogens with zero attached hydrogens (tertiary/aromatic N) is 2. The molecule has 3 N–H and O–H groups in total. The van der Waals surface area contributed by atoms with Crippen LogP contribution in [-0.2, 0) is 16.6 Å². The number of aliphatic carboxylic acids is 1. The highest BCUT2D eigenvalue weighted by Gasteiger charge is 2.28. The van der Waals surface area contributed by atoms with Gasteiger partial charge in [-0.05, 0) is 41.3 Å². The molecule has 2 aromatic carbocycles. The van der Waals surface area contributed by atoms with Crippen LogP contribution in [0, 0.1) is 5.82 Å². The van der Waals surface area contributed by atoms with E-state index in [-0.39, 0.29) is 23.6 Å². The van der Waals surface area contributed by atoms with Gasteiger partial charge in [0.05, 0.1) is 6.20 Å². The minimum absolute atomic E-state index is 0.0289. The molecule has 2 heterocycles. The van der Waals surface area contributed by atoms with Gasteiger partial charge in [0.2, 0.25) is 5.95 Å². The maximum atomic E-state index is 14.3. The van der Waals surface area contributed by atoms with Gasteiger partial charge in [0, 0.05) is 23.4 Å². The molecule has 0 aliphatic carbocycles. The van der Waals surface area contributed by atoms with Gasteiger partial charge in [-0.1, -0.05) is 32.9 Å². The van der Waals surface area contributed by atoms with Crippen LogP contribution in [0.4, 0.5) is 27.5 Å². The second kappa shape index (κ2) is 7.86. The molecule has 0 radical (unpaired) electrons. The number of hydrogen-bond acceptors (Lipinski definition) is 6. The third kappa shape index (κ3) is 4.58. The molecule has 7 nitrogen and oxygen atoms in total. The van der Waals surface area contributed by atoms with E-state index in [9.17, 15) is 9.18 Å². The molecule has 0 saturated carbocycles. The Bertz CT molecular complexity index is 1130. The van der Waals surface area contributed by atoms with Crippen molar-refractivity contribution in [3.63, 3.8) is 0 Å². The fourth-order valence-electron chi connectivity index (χ4n) is 3.30. The third-order valence-corrected chi connectivity index (χ3v) is 5.02. The van der Waals surface area contributed by atoms with Crippen molar-refractivity contribution in [3.8, 4) is 5.75 Å². The Morgan fingerprint density at radius 2 is 1.84 bits per heavy atom. The van der Waals surface area contributed by atoms with E-state index in [1.54, 1.807) is 18.2 Å². The lowest BCUT2D eigenvalue weighted by Crippen LogP contribution is -2.24. The molecule has 31 heavy (non-hydrogen) atoms. The molecule has 3 aromatic rings. The van der Waals surface area contributed by atoms with Gasteiger partial charge in [0.1, 0.15) is 5.75 Å². The summed E-state index contributed by atoms with van der Waals surface area (Å²) >= 11 is 0. The summed E-state index contributed by atoms with van der Waals surface area (Å²) in [5, 5.41) is 15.1. The quantitative estimate of drug-likeness (QED) is 0.544. The zero-order chi connectivity index (χ0) is 22.2. The van der Waals surface area contributed by atoms with Crippen molar-refractivity contribution < 1.29 is 19.0 Å². The molecule has 1 unspecified atom stereocenters. The highest BCUT2D eigenvalue weighted by Crippen LogP contribution is 2.32. The van der Waals surface area contributed by atoms with Crippen LogP contribution >= 0.6 is 0 Å². The molecule has 0 amide bonds. The summed E-state index contributed by atoms with van der Waals surface area (Å²) in [7, 11) is 0. The van der Waals surface area contributed by atoms with Crippen LogP contribution in [0.5, 0.6) is 5.75 Å². The molecular formula is C23H23FN4O3. The number of anilines is 4. The monoisotopic (exact) mass is 422 g/mol. The Balaban J connectivity index is 1.50. The normalized spacial score (nSPS) is 15.2. The number of carboxylic acids is 1. The predicted molar refractivity (Wildman–Crippen MR) is 116 cm³/mol. The van der Waals surface area contributed by atoms with Gasteiger partial charge in [0.25, 0.3) is 0 Å². The summed E-state index contributed by atoms with van der Waals surface area (Å²) in [6.45, 7) is 6.39. The number of fused-ring (bicyclic) bond motifs is 1. The molecule has 1 aliphatic rings. The predicted octanol–water partition coefficient (Wildman–Crippen LogP) is 4.79. The maximum Gasteiger partial charge on any atom is 0.345 e. The van der Waals surface area contributed by atoms with Crippen LogP contribution in [0.3, 0.4) is 0 Å². The largest absolute Gasteiger partial charge is 0.478 e. The number of carbonyl (C=O) groups is 1. The Kier molecular flexibility index (Phi) is 5.22. The highest BCUT2D eigenvalue weighted by molar-refractivity contribution is 5.75. The van der Waals surface area contributed by atoms with Crippen molar-refractivity contribution in [2.45, 2.75) is 38.7 Å². The second-order valence-corrected chi connectivity index (χ2v) is 8.44. The summed E-state index contributed by atoms with van der Waals surface area (Å²) in [6.07, 6.45) is 0.493. The van der Waals surface area contributed by atoms with Crippen LogP contribution in [0.2, 0.25) is 0 Å².